The molecule has 3 aromatic rings. The second-order valence-electron chi connectivity index (χ2n) is 13.0. The Bertz CT molecular complexity index is 1370. The van der Waals surface area contributed by atoms with E-state index < -0.39 is 5.60 Å². The number of rotatable bonds is 13. The number of fused-ring (bicyclic) bond motifs is 1. The number of aromatic amines is 1. The van der Waals surface area contributed by atoms with Crippen molar-refractivity contribution in [1.29, 1.82) is 0 Å². The van der Waals surface area contributed by atoms with Gasteiger partial charge < -0.3 is 25.5 Å². The summed E-state index contributed by atoms with van der Waals surface area (Å²) in [5.74, 6) is 1.04. The Morgan fingerprint density at radius 2 is 1.70 bits per heavy atom. The molecule has 2 heterocycles. The Balaban J connectivity index is 1.59. The van der Waals surface area contributed by atoms with Gasteiger partial charge in [0.15, 0.2) is 11.2 Å². The molecule has 0 aliphatic heterocycles. The molecule has 0 saturated carbocycles. The van der Waals surface area contributed by atoms with Gasteiger partial charge in [-0.25, -0.2) is 9.67 Å². The number of ether oxygens (including phenoxy) is 2. The van der Waals surface area contributed by atoms with E-state index in [2.05, 4.69) is 34.2 Å². The summed E-state index contributed by atoms with van der Waals surface area (Å²) in [5, 5.41) is 8.03. The fourth-order valence-corrected chi connectivity index (χ4v) is 4.17. The van der Waals surface area contributed by atoms with E-state index in [9.17, 15) is 9.59 Å². The predicted molar refractivity (Wildman–Crippen MR) is 158 cm³/mol. The summed E-state index contributed by atoms with van der Waals surface area (Å²) in [7, 11) is 1.80. The lowest BCUT2D eigenvalue weighted by atomic mass is 9.93. The monoisotopic (exact) mass is 554 g/mol. The maximum atomic E-state index is 13.0. The molecule has 10 nitrogen and oxygen atoms in total. The van der Waals surface area contributed by atoms with Crippen LogP contribution in [0.5, 0.6) is 5.75 Å². The SMILES string of the molecule is CC(C)c1nn(C)c2nc(Cc3ccc(OC(C)(C)C(=O)NCC(C)(C)COCC(C)(C)CN)cc3)[nH]c(=O)c12. The van der Waals surface area contributed by atoms with E-state index in [0.29, 0.717) is 55.3 Å². The van der Waals surface area contributed by atoms with Crippen molar-refractivity contribution in [2.75, 3.05) is 26.3 Å². The van der Waals surface area contributed by atoms with Gasteiger partial charge in [0.05, 0.1) is 18.9 Å². The largest absolute Gasteiger partial charge is 0.478 e. The Hall–Kier alpha value is -3.24. The van der Waals surface area contributed by atoms with Gasteiger partial charge in [0.2, 0.25) is 0 Å². The van der Waals surface area contributed by atoms with E-state index in [1.165, 1.54) is 0 Å². The summed E-state index contributed by atoms with van der Waals surface area (Å²) in [6, 6.07) is 7.44. The third-order valence-corrected chi connectivity index (χ3v) is 6.80. The minimum absolute atomic E-state index is 0.0806. The topological polar surface area (TPSA) is 137 Å². The second kappa shape index (κ2) is 12.1. The Morgan fingerprint density at radius 1 is 1.07 bits per heavy atom. The van der Waals surface area contributed by atoms with Gasteiger partial charge in [-0.2, -0.15) is 5.10 Å². The summed E-state index contributed by atoms with van der Waals surface area (Å²) in [6.07, 6.45) is 0.442. The first-order valence-electron chi connectivity index (χ1n) is 13.8. The normalized spacial score (nSPS) is 12.8. The average molecular weight is 555 g/mol. The maximum absolute atomic E-state index is 13.0. The van der Waals surface area contributed by atoms with Crippen LogP contribution in [0.25, 0.3) is 11.0 Å². The Kier molecular flexibility index (Phi) is 9.46. The van der Waals surface area contributed by atoms with Crippen LogP contribution in [-0.2, 0) is 23.0 Å². The lowest BCUT2D eigenvalue weighted by Gasteiger charge is -2.31. The van der Waals surface area contributed by atoms with Crippen molar-refractivity contribution in [3.63, 3.8) is 0 Å². The highest BCUT2D eigenvalue weighted by Crippen LogP contribution is 2.23. The van der Waals surface area contributed by atoms with E-state index in [1.54, 1.807) is 25.6 Å². The Morgan fingerprint density at radius 3 is 2.30 bits per heavy atom. The maximum Gasteiger partial charge on any atom is 0.263 e. The first-order chi connectivity index (χ1) is 18.5. The molecule has 0 unspecified atom stereocenters. The molecule has 0 bridgehead atoms. The molecular weight excluding hydrogens is 508 g/mol. The van der Waals surface area contributed by atoms with Gasteiger partial charge in [-0.05, 0) is 44.0 Å². The van der Waals surface area contributed by atoms with E-state index in [0.717, 1.165) is 11.3 Å². The van der Waals surface area contributed by atoms with Crippen molar-refractivity contribution >= 4 is 16.9 Å². The van der Waals surface area contributed by atoms with E-state index in [-0.39, 0.29) is 28.2 Å². The molecule has 0 aliphatic rings. The second-order valence-corrected chi connectivity index (χ2v) is 13.0. The Labute approximate surface area is 237 Å². The highest BCUT2D eigenvalue weighted by Gasteiger charge is 2.32. The van der Waals surface area contributed by atoms with Crippen molar-refractivity contribution in [3.05, 3.63) is 51.7 Å². The molecule has 3 rings (SSSR count). The van der Waals surface area contributed by atoms with Gasteiger partial charge in [0, 0.05) is 30.8 Å². The van der Waals surface area contributed by atoms with Gasteiger partial charge >= 0.3 is 0 Å². The zero-order valence-corrected chi connectivity index (χ0v) is 25.5. The molecule has 1 aromatic carbocycles. The van der Waals surface area contributed by atoms with Crippen LogP contribution in [0.15, 0.2) is 29.1 Å². The number of aryl methyl sites for hydroxylation is 1. The van der Waals surface area contributed by atoms with E-state index >= 15 is 0 Å². The predicted octanol–water partition coefficient (Wildman–Crippen LogP) is 3.67. The number of aromatic nitrogens is 4. The van der Waals surface area contributed by atoms with Crippen LogP contribution in [0.4, 0.5) is 0 Å². The van der Waals surface area contributed by atoms with Crippen molar-refractivity contribution in [2.45, 2.75) is 73.3 Å². The number of hydrogen-bond donors (Lipinski definition) is 3. The minimum atomic E-state index is -1.08. The third kappa shape index (κ3) is 7.91. The van der Waals surface area contributed by atoms with Crippen molar-refractivity contribution in [3.8, 4) is 5.75 Å². The number of hydrogen-bond acceptors (Lipinski definition) is 7. The van der Waals surface area contributed by atoms with Crippen LogP contribution in [0.1, 0.15) is 78.4 Å². The fraction of sp³-hybridized carbons (Fsp3) is 0.600. The molecule has 4 N–H and O–H groups in total. The summed E-state index contributed by atoms with van der Waals surface area (Å²) in [4.78, 5) is 33.3. The first kappa shape index (κ1) is 31.3. The molecule has 0 fully saturated rings. The van der Waals surface area contributed by atoms with Gasteiger partial charge in [-0.15, -0.1) is 0 Å². The van der Waals surface area contributed by atoms with E-state index in [1.807, 2.05) is 52.0 Å². The number of nitrogens with two attached hydrogens (primary N) is 1. The van der Waals surface area contributed by atoms with Crippen LogP contribution in [-0.4, -0.2) is 57.6 Å². The highest BCUT2D eigenvalue weighted by molar-refractivity contribution is 5.84. The molecular formula is C30H46N6O4. The fourth-order valence-electron chi connectivity index (χ4n) is 4.17. The summed E-state index contributed by atoms with van der Waals surface area (Å²) < 4.78 is 13.6. The van der Waals surface area contributed by atoms with Gasteiger partial charge in [-0.3, -0.25) is 9.59 Å². The summed E-state index contributed by atoms with van der Waals surface area (Å²) in [5.41, 5.74) is 6.45. The van der Waals surface area contributed by atoms with Crippen LogP contribution in [0.2, 0.25) is 0 Å². The molecule has 0 aliphatic carbocycles. The van der Waals surface area contributed by atoms with Crippen LogP contribution in [0, 0.1) is 10.8 Å². The van der Waals surface area contributed by atoms with Crippen molar-refractivity contribution in [1.82, 2.24) is 25.1 Å². The van der Waals surface area contributed by atoms with Gasteiger partial charge in [-0.1, -0.05) is 53.7 Å². The zero-order chi connectivity index (χ0) is 29.9. The number of H-pyrrole nitrogens is 1. The lowest BCUT2D eigenvalue weighted by Crippen LogP contribution is -2.49. The van der Waals surface area contributed by atoms with E-state index in [4.69, 9.17) is 15.2 Å². The standard InChI is InChI=1S/C30H46N6O4/c1-19(2)24-23-25(36(9)35-24)33-22(34-26(23)37)14-20-10-12-21(13-11-20)40-30(7,8)27(38)32-16-29(5,6)18-39-17-28(3,4)15-31/h10-13,19H,14-18,31H2,1-9H3,(H,32,38)(H,33,34,37). The molecule has 0 saturated heterocycles. The van der Waals surface area contributed by atoms with Crippen molar-refractivity contribution in [2.24, 2.45) is 23.6 Å². The number of carbonyl (C=O) groups excluding carboxylic acids is 1. The minimum Gasteiger partial charge on any atom is -0.478 e. The van der Waals surface area contributed by atoms with Gasteiger partial charge in [0.1, 0.15) is 17.0 Å². The van der Waals surface area contributed by atoms with Crippen LogP contribution in [0.3, 0.4) is 0 Å². The number of nitrogens with one attached hydrogen (secondary N) is 2. The number of benzene rings is 1. The molecule has 2 aromatic heterocycles. The first-order valence-corrected chi connectivity index (χ1v) is 13.8. The van der Waals surface area contributed by atoms with Gasteiger partial charge in [0.25, 0.3) is 11.5 Å². The molecule has 0 atom stereocenters. The average Bonchev–Trinajstić information content (AvgIpc) is 3.20. The lowest BCUT2D eigenvalue weighted by molar-refractivity contribution is -0.134. The molecule has 220 valence electrons. The summed E-state index contributed by atoms with van der Waals surface area (Å²) in [6.45, 7) is 17.8. The number of nitrogens with zero attached hydrogens (tertiary/aromatic N) is 3. The smallest absolute Gasteiger partial charge is 0.263 e. The van der Waals surface area contributed by atoms with Crippen LogP contribution >= 0.6 is 0 Å². The number of amides is 1. The third-order valence-electron chi connectivity index (χ3n) is 6.80. The molecule has 0 radical (unpaired) electrons. The zero-order valence-electron chi connectivity index (χ0n) is 25.5. The van der Waals surface area contributed by atoms with Crippen molar-refractivity contribution < 1.29 is 14.3 Å². The molecule has 0 spiro atoms. The molecule has 10 heteroatoms. The molecule has 40 heavy (non-hydrogen) atoms. The summed E-state index contributed by atoms with van der Waals surface area (Å²) >= 11 is 0. The molecule has 1 amide bonds. The van der Waals surface area contributed by atoms with Crippen LogP contribution < -0.4 is 21.3 Å². The highest BCUT2D eigenvalue weighted by atomic mass is 16.5. The number of carbonyl (C=O) groups is 1. The quantitative estimate of drug-likeness (QED) is 0.293.